The fourth-order valence-corrected chi connectivity index (χ4v) is 10.3. The van der Waals surface area contributed by atoms with Gasteiger partial charge in [-0.15, -0.1) is 11.3 Å². The molecular weight excluding hydrogens is 783 g/mol. The van der Waals surface area contributed by atoms with Crippen LogP contribution in [-0.4, -0.2) is 0 Å². The second kappa shape index (κ2) is 15.5. The van der Waals surface area contributed by atoms with Crippen molar-refractivity contribution in [3.63, 3.8) is 0 Å². The number of furan rings is 1. The van der Waals surface area contributed by atoms with Crippen LogP contribution in [0.2, 0.25) is 0 Å². The zero-order chi connectivity index (χ0) is 41.7. The molecule has 296 valence electrons. The quantitative estimate of drug-likeness (QED) is 0.152. The Bertz CT molecular complexity index is 3590. The summed E-state index contributed by atoms with van der Waals surface area (Å²) in [6.45, 7) is 0. The normalized spacial score (nSPS) is 11.5. The molecule has 10 aromatic carbocycles. The van der Waals surface area contributed by atoms with Crippen molar-refractivity contribution in [3.8, 4) is 55.6 Å². The number of thiophene rings is 1. The summed E-state index contributed by atoms with van der Waals surface area (Å²) in [5, 5.41) is 4.74. The highest BCUT2D eigenvalue weighted by Crippen LogP contribution is 2.48. The molecule has 0 unspecified atom stereocenters. The molecule has 2 nitrogen and oxygen atoms in total. The standard InChI is InChI=1S/C60H39NOS/c1-3-13-40(14-4-1)42-23-25-43(26-24-42)45-29-34-48(35-30-45)61(47-32-27-44(28-33-47)41-15-5-2-6-16-41)55-37-36-52(60-59(55)53-20-9-11-21-56(53)62-60)50-18-8-7-17-49(50)46-31-38-58-54(39-46)51-19-10-12-22-57(51)63-58/h1-39H. The van der Waals surface area contributed by atoms with E-state index in [2.05, 4.69) is 241 Å². The van der Waals surface area contributed by atoms with Crippen molar-refractivity contribution in [1.82, 2.24) is 0 Å². The molecule has 2 heterocycles. The third-order valence-corrected chi connectivity index (χ3v) is 13.5. The van der Waals surface area contributed by atoms with E-state index in [1.807, 2.05) is 11.3 Å². The van der Waals surface area contributed by atoms with Crippen molar-refractivity contribution in [2.75, 3.05) is 4.90 Å². The second-order valence-corrected chi connectivity index (χ2v) is 17.1. The van der Waals surface area contributed by atoms with Gasteiger partial charge in [0.2, 0.25) is 0 Å². The molecule has 0 saturated heterocycles. The van der Waals surface area contributed by atoms with Crippen LogP contribution >= 0.6 is 11.3 Å². The van der Waals surface area contributed by atoms with Crippen molar-refractivity contribution in [1.29, 1.82) is 0 Å². The van der Waals surface area contributed by atoms with Gasteiger partial charge in [-0.25, -0.2) is 0 Å². The van der Waals surface area contributed by atoms with Gasteiger partial charge in [0, 0.05) is 42.5 Å². The van der Waals surface area contributed by atoms with E-state index < -0.39 is 0 Å². The first-order valence-corrected chi connectivity index (χ1v) is 22.2. The Morgan fingerprint density at radius 1 is 0.317 bits per heavy atom. The third kappa shape index (κ3) is 6.58. The largest absolute Gasteiger partial charge is 0.455 e. The van der Waals surface area contributed by atoms with Crippen molar-refractivity contribution in [2.24, 2.45) is 0 Å². The molecule has 2 aromatic heterocycles. The van der Waals surface area contributed by atoms with Crippen LogP contribution < -0.4 is 4.90 Å². The van der Waals surface area contributed by atoms with Crippen molar-refractivity contribution < 1.29 is 4.42 Å². The van der Waals surface area contributed by atoms with Crippen LogP contribution in [0.4, 0.5) is 17.1 Å². The third-order valence-electron chi connectivity index (χ3n) is 12.3. The van der Waals surface area contributed by atoms with E-state index in [0.717, 1.165) is 55.7 Å². The van der Waals surface area contributed by atoms with Gasteiger partial charge in [0.25, 0.3) is 0 Å². The van der Waals surface area contributed by atoms with Crippen LogP contribution in [0.25, 0.3) is 97.7 Å². The smallest absolute Gasteiger partial charge is 0.145 e. The summed E-state index contributed by atoms with van der Waals surface area (Å²) in [5.74, 6) is 0. The molecular formula is C60H39NOS. The van der Waals surface area contributed by atoms with E-state index in [0.29, 0.717) is 0 Å². The van der Waals surface area contributed by atoms with Crippen LogP contribution in [-0.2, 0) is 0 Å². The Morgan fingerprint density at radius 2 is 0.794 bits per heavy atom. The van der Waals surface area contributed by atoms with Gasteiger partial charge in [0.1, 0.15) is 11.2 Å². The first kappa shape index (κ1) is 36.8. The Balaban J connectivity index is 1.01. The minimum Gasteiger partial charge on any atom is -0.455 e. The monoisotopic (exact) mass is 821 g/mol. The lowest BCUT2D eigenvalue weighted by Gasteiger charge is -2.27. The first-order valence-electron chi connectivity index (χ1n) is 21.4. The van der Waals surface area contributed by atoms with Gasteiger partial charge in [0.05, 0.1) is 11.1 Å². The van der Waals surface area contributed by atoms with E-state index >= 15 is 0 Å². The zero-order valence-corrected chi connectivity index (χ0v) is 35.1. The Labute approximate surface area is 370 Å². The lowest BCUT2D eigenvalue weighted by molar-refractivity contribution is 0.670. The summed E-state index contributed by atoms with van der Waals surface area (Å²) in [7, 11) is 0. The number of benzene rings is 10. The van der Waals surface area contributed by atoms with Crippen LogP contribution in [0.5, 0.6) is 0 Å². The molecule has 0 amide bonds. The van der Waals surface area contributed by atoms with E-state index in [-0.39, 0.29) is 0 Å². The Morgan fingerprint density at radius 3 is 1.43 bits per heavy atom. The fraction of sp³-hybridized carbons (Fsp3) is 0. The number of nitrogens with zero attached hydrogens (tertiary/aromatic N) is 1. The minimum atomic E-state index is 0.860. The summed E-state index contributed by atoms with van der Waals surface area (Å²) in [6.07, 6.45) is 0. The predicted molar refractivity (Wildman–Crippen MR) is 268 cm³/mol. The molecule has 0 spiro atoms. The lowest BCUT2D eigenvalue weighted by Crippen LogP contribution is -2.10. The predicted octanol–water partition coefficient (Wildman–Crippen LogP) is 17.8. The van der Waals surface area contributed by atoms with Crippen molar-refractivity contribution in [3.05, 3.63) is 237 Å². The molecule has 0 atom stereocenters. The number of hydrogen-bond donors (Lipinski definition) is 0. The molecule has 0 bridgehead atoms. The molecule has 3 heteroatoms. The van der Waals surface area contributed by atoms with E-state index in [4.69, 9.17) is 4.42 Å². The van der Waals surface area contributed by atoms with E-state index in [1.54, 1.807) is 0 Å². The van der Waals surface area contributed by atoms with E-state index in [1.165, 1.54) is 59.1 Å². The molecule has 0 N–H and O–H groups in total. The maximum absolute atomic E-state index is 6.98. The SMILES string of the molecule is c1ccc(-c2ccc(-c3ccc(N(c4ccc(-c5ccccc5)cc4)c4ccc(-c5ccccc5-c5ccc6sc7ccccc7c6c5)c5oc6ccccc6c45)cc3)cc2)cc1. The van der Waals surface area contributed by atoms with E-state index in [9.17, 15) is 0 Å². The van der Waals surface area contributed by atoms with Crippen LogP contribution in [0.1, 0.15) is 0 Å². The number of anilines is 3. The maximum atomic E-state index is 6.98. The molecule has 12 rings (SSSR count). The molecule has 0 aliphatic carbocycles. The second-order valence-electron chi connectivity index (χ2n) is 16.0. The molecule has 0 fully saturated rings. The molecule has 0 saturated carbocycles. The zero-order valence-electron chi connectivity index (χ0n) is 34.3. The summed E-state index contributed by atoms with van der Waals surface area (Å²) < 4.78 is 9.59. The Kier molecular flexibility index (Phi) is 9.06. The van der Waals surface area contributed by atoms with Gasteiger partial charge in [-0.05, 0) is 111 Å². The lowest BCUT2D eigenvalue weighted by atomic mass is 9.92. The minimum absolute atomic E-state index is 0.860. The highest BCUT2D eigenvalue weighted by Gasteiger charge is 2.23. The van der Waals surface area contributed by atoms with Gasteiger partial charge in [-0.3, -0.25) is 0 Å². The highest BCUT2D eigenvalue weighted by molar-refractivity contribution is 7.25. The topological polar surface area (TPSA) is 16.4 Å². The number of fused-ring (bicyclic) bond motifs is 6. The average Bonchev–Trinajstić information content (AvgIpc) is 3.94. The molecule has 12 aromatic rings. The molecule has 0 aliphatic rings. The van der Waals surface area contributed by atoms with Gasteiger partial charge in [0.15, 0.2) is 0 Å². The number of hydrogen-bond acceptors (Lipinski definition) is 3. The Hall–Kier alpha value is -7.98. The van der Waals surface area contributed by atoms with Gasteiger partial charge in [-0.2, -0.15) is 0 Å². The summed E-state index contributed by atoms with van der Waals surface area (Å²) >= 11 is 1.85. The molecule has 0 radical (unpaired) electrons. The molecule has 0 aliphatic heterocycles. The first-order chi connectivity index (χ1) is 31.2. The van der Waals surface area contributed by atoms with Gasteiger partial charge >= 0.3 is 0 Å². The molecule has 63 heavy (non-hydrogen) atoms. The van der Waals surface area contributed by atoms with Crippen LogP contribution in [0, 0.1) is 0 Å². The average molecular weight is 822 g/mol. The number of para-hydroxylation sites is 1. The maximum Gasteiger partial charge on any atom is 0.145 e. The van der Waals surface area contributed by atoms with Crippen molar-refractivity contribution >= 4 is 70.5 Å². The summed E-state index contributed by atoms with van der Waals surface area (Å²) in [4.78, 5) is 2.38. The van der Waals surface area contributed by atoms with Gasteiger partial charge < -0.3 is 9.32 Å². The fourth-order valence-electron chi connectivity index (χ4n) is 9.22. The van der Waals surface area contributed by atoms with Crippen molar-refractivity contribution in [2.45, 2.75) is 0 Å². The highest BCUT2D eigenvalue weighted by atomic mass is 32.1. The van der Waals surface area contributed by atoms with Gasteiger partial charge in [-0.1, -0.05) is 176 Å². The summed E-state index contributed by atoms with van der Waals surface area (Å²) in [5.41, 5.74) is 16.6. The summed E-state index contributed by atoms with van der Waals surface area (Å²) in [6, 6.07) is 85.2. The van der Waals surface area contributed by atoms with Crippen LogP contribution in [0.15, 0.2) is 241 Å². The number of rotatable bonds is 8. The van der Waals surface area contributed by atoms with Crippen LogP contribution in [0.3, 0.4) is 0 Å².